The van der Waals surface area contributed by atoms with E-state index in [2.05, 4.69) is 5.10 Å². The van der Waals surface area contributed by atoms with Crippen molar-refractivity contribution in [2.75, 3.05) is 0 Å². The molecule has 0 aliphatic rings. The first-order chi connectivity index (χ1) is 9.40. The number of aromatic nitrogens is 2. The van der Waals surface area contributed by atoms with E-state index < -0.39 is 27.9 Å². The zero-order chi connectivity index (χ0) is 14.9. The van der Waals surface area contributed by atoms with Crippen LogP contribution in [0, 0.1) is 17.0 Å². The summed E-state index contributed by atoms with van der Waals surface area (Å²) >= 11 is 5.78. The van der Waals surface area contributed by atoms with Gasteiger partial charge in [0, 0.05) is 0 Å². The van der Waals surface area contributed by atoms with Crippen molar-refractivity contribution in [3.05, 3.63) is 56.4 Å². The van der Waals surface area contributed by atoms with Crippen LogP contribution < -0.4 is 0 Å². The summed E-state index contributed by atoms with van der Waals surface area (Å²) in [4.78, 5) is 9.85. The van der Waals surface area contributed by atoms with Gasteiger partial charge in [-0.3, -0.25) is 10.1 Å². The van der Waals surface area contributed by atoms with Crippen LogP contribution in [0.3, 0.4) is 0 Å². The Hall–Kier alpha value is -2.02. The third-order valence-electron chi connectivity index (χ3n) is 2.74. The molecule has 2 aromatic rings. The Morgan fingerprint density at radius 1 is 1.40 bits per heavy atom. The van der Waals surface area contributed by atoms with Crippen molar-refractivity contribution >= 4 is 17.3 Å². The molecule has 8 heteroatoms. The molecule has 0 saturated heterocycles. The van der Waals surface area contributed by atoms with Gasteiger partial charge >= 0.3 is 5.69 Å². The molecule has 0 bridgehead atoms. The maximum Gasteiger partial charge on any atom is 0.335 e. The van der Waals surface area contributed by atoms with E-state index in [1.165, 1.54) is 0 Å². The van der Waals surface area contributed by atoms with Crippen LogP contribution in [0.5, 0.6) is 0 Å². The summed E-state index contributed by atoms with van der Waals surface area (Å²) in [5, 5.41) is 13.9. The minimum atomic E-state index is -3.05. The van der Waals surface area contributed by atoms with Gasteiger partial charge in [0.1, 0.15) is 0 Å². The molecule has 0 amide bonds. The smallest absolute Gasteiger partial charge is 0.258 e. The minimum absolute atomic E-state index is 0.0900. The SMILES string of the molecule is Cc1ccc(Cn2nc(C(F)F)c([N+](=O)[O-])c2Cl)cc1. The van der Waals surface area contributed by atoms with Gasteiger partial charge < -0.3 is 0 Å². The number of benzene rings is 1. The van der Waals surface area contributed by atoms with E-state index in [0.717, 1.165) is 15.8 Å². The largest absolute Gasteiger partial charge is 0.335 e. The molecule has 0 unspecified atom stereocenters. The van der Waals surface area contributed by atoms with Gasteiger partial charge in [0.2, 0.25) is 10.8 Å². The van der Waals surface area contributed by atoms with Crippen molar-refractivity contribution in [3.8, 4) is 0 Å². The molecule has 0 aliphatic heterocycles. The van der Waals surface area contributed by atoms with Crippen molar-refractivity contribution in [2.45, 2.75) is 19.9 Å². The van der Waals surface area contributed by atoms with Crippen molar-refractivity contribution < 1.29 is 13.7 Å². The second-order valence-corrected chi connectivity index (χ2v) is 4.58. The molecule has 1 heterocycles. The highest BCUT2D eigenvalue weighted by molar-refractivity contribution is 6.31. The molecule has 0 N–H and O–H groups in total. The van der Waals surface area contributed by atoms with E-state index in [9.17, 15) is 18.9 Å². The van der Waals surface area contributed by atoms with Crippen LogP contribution in [-0.4, -0.2) is 14.7 Å². The number of alkyl halides is 2. The van der Waals surface area contributed by atoms with Crippen LogP contribution in [0.4, 0.5) is 14.5 Å². The van der Waals surface area contributed by atoms with Gasteiger partial charge in [0.05, 0.1) is 11.5 Å². The fraction of sp³-hybridized carbons (Fsp3) is 0.250. The molecule has 20 heavy (non-hydrogen) atoms. The lowest BCUT2D eigenvalue weighted by atomic mass is 10.1. The van der Waals surface area contributed by atoms with E-state index in [0.29, 0.717) is 0 Å². The standard InChI is InChI=1S/C12H10ClF2N3O2/c1-7-2-4-8(5-3-7)6-17-11(13)10(18(19)20)9(16-17)12(14)15/h2-5,12H,6H2,1H3. The lowest BCUT2D eigenvalue weighted by Gasteiger charge is -2.03. The van der Waals surface area contributed by atoms with Crippen molar-refractivity contribution in [3.63, 3.8) is 0 Å². The summed E-state index contributed by atoms with van der Waals surface area (Å²) in [6.07, 6.45) is -3.05. The van der Waals surface area contributed by atoms with Crippen LogP contribution in [-0.2, 0) is 6.54 Å². The van der Waals surface area contributed by atoms with E-state index in [1.807, 2.05) is 19.1 Å². The van der Waals surface area contributed by atoms with Gasteiger partial charge in [-0.1, -0.05) is 41.4 Å². The Balaban J connectivity index is 2.40. The van der Waals surface area contributed by atoms with Gasteiger partial charge in [0.15, 0.2) is 0 Å². The van der Waals surface area contributed by atoms with E-state index in [4.69, 9.17) is 11.6 Å². The van der Waals surface area contributed by atoms with Crippen LogP contribution >= 0.6 is 11.6 Å². The summed E-state index contributed by atoms with van der Waals surface area (Å²) in [6.45, 7) is 2.00. The first-order valence-corrected chi connectivity index (χ1v) is 6.02. The Bertz CT molecular complexity index is 641. The fourth-order valence-corrected chi connectivity index (χ4v) is 2.00. The maximum atomic E-state index is 12.7. The van der Waals surface area contributed by atoms with Crippen molar-refractivity contribution in [1.29, 1.82) is 0 Å². The average Bonchev–Trinajstić information content (AvgIpc) is 2.70. The molecule has 0 spiro atoms. The third kappa shape index (κ3) is 2.77. The number of halogens is 3. The van der Waals surface area contributed by atoms with E-state index >= 15 is 0 Å². The molecule has 1 aromatic heterocycles. The molecular weight excluding hydrogens is 292 g/mol. The van der Waals surface area contributed by atoms with Crippen LogP contribution in [0.15, 0.2) is 24.3 Å². The monoisotopic (exact) mass is 301 g/mol. The summed E-state index contributed by atoms with van der Waals surface area (Å²) in [5.74, 6) is 0. The van der Waals surface area contributed by atoms with Gasteiger partial charge in [-0.2, -0.15) is 5.10 Å². The lowest BCUT2D eigenvalue weighted by molar-refractivity contribution is -0.386. The topological polar surface area (TPSA) is 61.0 Å². The van der Waals surface area contributed by atoms with Crippen molar-refractivity contribution in [1.82, 2.24) is 9.78 Å². The molecule has 0 saturated carbocycles. The highest BCUT2D eigenvalue weighted by Gasteiger charge is 2.32. The summed E-state index contributed by atoms with van der Waals surface area (Å²) in [5.41, 5.74) is 0.0520. The number of nitrogens with zero attached hydrogens (tertiary/aromatic N) is 3. The molecule has 106 valence electrons. The molecule has 1 aromatic carbocycles. The van der Waals surface area contributed by atoms with E-state index in [-0.39, 0.29) is 6.54 Å². The van der Waals surface area contributed by atoms with Gasteiger partial charge in [-0.25, -0.2) is 13.5 Å². The normalized spacial score (nSPS) is 11.1. The average molecular weight is 302 g/mol. The first kappa shape index (κ1) is 14.4. The van der Waals surface area contributed by atoms with E-state index in [1.54, 1.807) is 12.1 Å². The summed E-state index contributed by atoms with van der Waals surface area (Å²) in [6, 6.07) is 7.24. The summed E-state index contributed by atoms with van der Waals surface area (Å²) in [7, 11) is 0. The lowest BCUT2D eigenvalue weighted by Crippen LogP contribution is -2.02. The number of nitro groups is 1. The minimum Gasteiger partial charge on any atom is -0.258 e. The highest BCUT2D eigenvalue weighted by atomic mass is 35.5. The van der Waals surface area contributed by atoms with Crippen molar-refractivity contribution in [2.24, 2.45) is 0 Å². The van der Waals surface area contributed by atoms with Crippen LogP contribution in [0.2, 0.25) is 5.15 Å². The van der Waals surface area contributed by atoms with Crippen LogP contribution in [0.1, 0.15) is 23.2 Å². The highest BCUT2D eigenvalue weighted by Crippen LogP contribution is 2.34. The fourth-order valence-electron chi connectivity index (χ4n) is 1.74. The zero-order valence-electron chi connectivity index (χ0n) is 10.4. The quantitative estimate of drug-likeness (QED) is 0.638. The second-order valence-electron chi connectivity index (χ2n) is 4.23. The van der Waals surface area contributed by atoms with Gasteiger partial charge in [0.25, 0.3) is 6.43 Å². The van der Waals surface area contributed by atoms with Gasteiger partial charge in [-0.15, -0.1) is 0 Å². The number of hydrogen-bond acceptors (Lipinski definition) is 3. The predicted octanol–water partition coefficient (Wildman–Crippen LogP) is 3.74. The van der Waals surface area contributed by atoms with Gasteiger partial charge in [-0.05, 0) is 12.5 Å². The molecule has 0 atom stereocenters. The second kappa shape index (κ2) is 5.54. The molecular formula is C12H10ClF2N3O2. The Labute approximate surface area is 117 Å². The summed E-state index contributed by atoms with van der Waals surface area (Å²) < 4.78 is 26.5. The molecule has 5 nitrogen and oxygen atoms in total. The zero-order valence-corrected chi connectivity index (χ0v) is 11.1. The number of rotatable bonds is 4. The molecule has 0 fully saturated rings. The molecule has 0 radical (unpaired) electrons. The number of hydrogen-bond donors (Lipinski definition) is 0. The predicted molar refractivity (Wildman–Crippen MR) is 69.1 cm³/mol. The third-order valence-corrected chi connectivity index (χ3v) is 3.11. The van der Waals surface area contributed by atoms with Crippen LogP contribution in [0.25, 0.3) is 0 Å². The Kier molecular flexibility index (Phi) is 3.99. The number of aryl methyl sites for hydroxylation is 1. The maximum absolute atomic E-state index is 12.7. The molecule has 2 rings (SSSR count). The molecule has 0 aliphatic carbocycles. The Morgan fingerprint density at radius 3 is 2.45 bits per heavy atom. The first-order valence-electron chi connectivity index (χ1n) is 5.64. The Morgan fingerprint density at radius 2 is 2.00 bits per heavy atom.